The van der Waals surface area contributed by atoms with Crippen molar-refractivity contribution in [1.82, 2.24) is 0 Å². The maximum Gasteiger partial charge on any atom is 0.0891 e. The number of hydrogen-bond donors (Lipinski definition) is 6. The highest BCUT2D eigenvalue weighted by molar-refractivity contribution is 5.76. The molecule has 0 unspecified atom stereocenters. The average molecular weight is 965 g/mol. The fraction of sp³-hybridized carbons (Fsp3) is 0.429. The lowest BCUT2D eigenvalue weighted by molar-refractivity contribution is 0.0280. The van der Waals surface area contributed by atoms with Crippen molar-refractivity contribution in [2.75, 3.05) is 23.4 Å². The van der Waals surface area contributed by atoms with E-state index < -0.39 is 11.2 Å². The minimum atomic E-state index is -0.782. The number of aryl methyl sites for hydroxylation is 4. The van der Waals surface area contributed by atoms with E-state index in [1.807, 2.05) is 64.1 Å². The first-order valence-corrected chi connectivity index (χ1v) is 26.2. The van der Waals surface area contributed by atoms with E-state index in [0.29, 0.717) is 32.2 Å². The van der Waals surface area contributed by atoms with Gasteiger partial charge in [-0.1, -0.05) is 139 Å². The predicted octanol–water partition coefficient (Wildman–Crippen LogP) is 12.9. The minimum absolute atomic E-state index is 0.0677. The van der Waals surface area contributed by atoms with Gasteiger partial charge in [-0.25, -0.2) is 0 Å². The molecule has 71 heavy (non-hydrogen) atoms. The van der Waals surface area contributed by atoms with Gasteiger partial charge in [-0.05, 0) is 173 Å². The average Bonchev–Trinajstić information content (AvgIpc) is 3.40. The van der Waals surface area contributed by atoms with E-state index in [2.05, 4.69) is 124 Å². The van der Waals surface area contributed by atoms with E-state index in [1.165, 1.54) is 44.5 Å². The number of anilines is 2. The van der Waals surface area contributed by atoms with Crippen LogP contribution in [0.25, 0.3) is 22.3 Å². The van der Waals surface area contributed by atoms with Gasteiger partial charge < -0.3 is 40.4 Å². The maximum atomic E-state index is 11.1. The highest BCUT2D eigenvalue weighted by atomic mass is 16.3. The third-order valence-corrected chi connectivity index (χ3v) is 14.9. The molecule has 8 nitrogen and oxygen atoms in total. The van der Waals surface area contributed by atoms with Crippen molar-refractivity contribution in [2.45, 2.75) is 164 Å². The van der Waals surface area contributed by atoms with Crippen LogP contribution in [0.3, 0.4) is 0 Å². The van der Waals surface area contributed by atoms with E-state index in [0.717, 1.165) is 94.7 Å². The Bertz CT molecular complexity index is 2650. The summed E-state index contributed by atoms with van der Waals surface area (Å²) in [5, 5.41) is 60.6. The fourth-order valence-electron chi connectivity index (χ4n) is 9.92. The first-order valence-electron chi connectivity index (χ1n) is 26.2. The van der Waals surface area contributed by atoms with Gasteiger partial charge in [0.15, 0.2) is 0 Å². The Kier molecular flexibility index (Phi) is 21.0. The Morgan fingerprint density at radius 2 is 0.817 bits per heavy atom. The summed E-state index contributed by atoms with van der Waals surface area (Å²) < 4.78 is 0. The SMILES string of the molecule is CCCc1cc(C(O)(CC)CC)ccc1-c1cc(N(C)Cc2ccc(CO)c(CO)c2)ccc1C.CCCc1cc(C(O)(CC)CC)ccc1-c1cc(N(CC)Cc2ccc(CO)c(CO)c2)ccc1C. The topological polar surface area (TPSA) is 128 Å². The zero-order chi connectivity index (χ0) is 51.9. The molecule has 0 heterocycles. The summed E-state index contributed by atoms with van der Waals surface area (Å²) in [7, 11) is 2.08. The van der Waals surface area contributed by atoms with Gasteiger partial charge in [0, 0.05) is 38.1 Å². The van der Waals surface area contributed by atoms with E-state index >= 15 is 0 Å². The standard InChI is InChI=1S/C32H43NO3.C31H41NO3/c1-6-10-25-18-28(32(36,7-2)8-3)14-16-30(25)31-19-29(15-11-23(31)5)33(9-4)20-24-12-13-26(21-34)27(17-24)22-35;1-6-9-24-17-27(31(35,7-2)8-3)13-15-29(24)30-18-28(14-10-22(30)4)32(5)19-23-11-12-25(20-33)26(16-23)21-34/h11-19,34-36H,6-10,20-22H2,1-5H3;10-18,33-35H,6-9,19-21H2,1-5H3. The number of rotatable bonds is 23. The summed E-state index contributed by atoms with van der Waals surface area (Å²) in [6.45, 7) is 21.0. The Labute approximate surface area is 426 Å². The molecule has 0 aliphatic heterocycles. The molecule has 0 bridgehead atoms. The highest BCUT2D eigenvalue weighted by Gasteiger charge is 2.27. The van der Waals surface area contributed by atoms with E-state index in [4.69, 9.17) is 0 Å². The predicted molar refractivity (Wildman–Crippen MR) is 296 cm³/mol. The second kappa shape index (κ2) is 26.4. The number of benzene rings is 6. The highest BCUT2D eigenvalue weighted by Crippen LogP contribution is 2.38. The third kappa shape index (κ3) is 13.6. The van der Waals surface area contributed by atoms with E-state index in [-0.39, 0.29) is 26.4 Å². The van der Waals surface area contributed by atoms with Crippen LogP contribution in [0, 0.1) is 13.8 Å². The molecular formula is C63H84N2O6. The minimum Gasteiger partial charge on any atom is -0.392 e. The zero-order valence-corrected chi connectivity index (χ0v) is 44.6. The van der Waals surface area contributed by atoms with E-state index in [9.17, 15) is 30.6 Å². The van der Waals surface area contributed by atoms with Crippen molar-refractivity contribution in [1.29, 1.82) is 0 Å². The quantitative estimate of drug-likeness (QED) is 0.0375. The zero-order valence-electron chi connectivity index (χ0n) is 44.6. The van der Waals surface area contributed by atoms with Crippen molar-refractivity contribution >= 4 is 11.4 Å². The second-order valence-corrected chi connectivity index (χ2v) is 19.4. The van der Waals surface area contributed by atoms with Crippen LogP contribution >= 0.6 is 0 Å². The Morgan fingerprint density at radius 3 is 1.21 bits per heavy atom. The molecule has 6 rings (SSSR count). The lowest BCUT2D eigenvalue weighted by Crippen LogP contribution is -2.23. The molecule has 0 aromatic heterocycles. The smallest absolute Gasteiger partial charge is 0.0891 e. The first kappa shape index (κ1) is 56.6. The molecule has 6 aromatic carbocycles. The number of hydrogen-bond acceptors (Lipinski definition) is 8. The van der Waals surface area contributed by atoms with Crippen molar-refractivity contribution < 1.29 is 30.6 Å². The molecule has 0 amide bonds. The molecule has 0 saturated carbocycles. The fourth-order valence-corrected chi connectivity index (χ4v) is 9.92. The van der Waals surface area contributed by atoms with Crippen LogP contribution in [0.1, 0.15) is 154 Å². The molecule has 6 N–H and O–H groups in total. The van der Waals surface area contributed by atoms with E-state index in [1.54, 1.807) is 0 Å². The monoisotopic (exact) mass is 965 g/mol. The summed E-state index contributed by atoms with van der Waals surface area (Å²) in [6, 6.07) is 38.0. The molecule has 382 valence electrons. The molecule has 0 aliphatic rings. The van der Waals surface area contributed by atoms with Crippen molar-refractivity contribution in [3.63, 3.8) is 0 Å². The van der Waals surface area contributed by atoms with Crippen LogP contribution in [0.15, 0.2) is 109 Å². The van der Waals surface area contributed by atoms with Gasteiger partial charge in [-0.2, -0.15) is 0 Å². The third-order valence-electron chi connectivity index (χ3n) is 14.9. The number of aliphatic hydroxyl groups excluding tert-OH is 4. The molecule has 0 radical (unpaired) electrons. The normalized spacial score (nSPS) is 11.7. The molecular weight excluding hydrogens is 881 g/mol. The van der Waals surface area contributed by atoms with Crippen molar-refractivity contribution in [2.24, 2.45) is 0 Å². The van der Waals surface area contributed by atoms with Gasteiger partial charge in [-0.15, -0.1) is 0 Å². The van der Waals surface area contributed by atoms with Crippen LogP contribution in [0.4, 0.5) is 11.4 Å². The largest absolute Gasteiger partial charge is 0.392 e. The Balaban J connectivity index is 0.000000264. The molecule has 0 saturated heterocycles. The lowest BCUT2D eigenvalue weighted by Gasteiger charge is -2.28. The van der Waals surface area contributed by atoms with Gasteiger partial charge in [0.25, 0.3) is 0 Å². The Hall–Kier alpha value is -5.32. The second-order valence-electron chi connectivity index (χ2n) is 19.4. The summed E-state index contributed by atoms with van der Waals surface area (Å²) in [6.07, 6.45) is 6.82. The summed E-state index contributed by atoms with van der Waals surface area (Å²) >= 11 is 0. The van der Waals surface area contributed by atoms with Crippen LogP contribution in [-0.4, -0.2) is 44.2 Å². The van der Waals surface area contributed by atoms with Gasteiger partial charge in [0.2, 0.25) is 0 Å². The molecule has 0 atom stereocenters. The molecule has 8 heteroatoms. The first-order chi connectivity index (χ1) is 34.1. The maximum absolute atomic E-state index is 11.1. The molecule has 0 aliphatic carbocycles. The van der Waals surface area contributed by atoms with Crippen molar-refractivity contribution in [3.05, 3.63) is 176 Å². The van der Waals surface area contributed by atoms with Crippen LogP contribution in [0.5, 0.6) is 0 Å². The molecule has 6 aromatic rings. The van der Waals surface area contributed by atoms with Gasteiger partial charge in [-0.3, -0.25) is 0 Å². The molecule has 0 fully saturated rings. The van der Waals surface area contributed by atoms with Crippen LogP contribution in [-0.2, 0) is 63.6 Å². The van der Waals surface area contributed by atoms with Crippen LogP contribution in [0.2, 0.25) is 0 Å². The number of nitrogens with zero attached hydrogens (tertiary/aromatic N) is 2. The van der Waals surface area contributed by atoms with Gasteiger partial charge in [0.1, 0.15) is 0 Å². The summed E-state index contributed by atoms with van der Waals surface area (Å²) in [5.41, 5.74) is 17.9. The summed E-state index contributed by atoms with van der Waals surface area (Å²) in [4.78, 5) is 4.54. The number of aliphatic hydroxyl groups is 6. The molecule has 0 spiro atoms. The van der Waals surface area contributed by atoms with Crippen LogP contribution < -0.4 is 9.80 Å². The van der Waals surface area contributed by atoms with Crippen molar-refractivity contribution in [3.8, 4) is 22.3 Å². The Morgan fingerprint density at radius 1 is 0.408 bits per heavy atom. The van der Waals surface area contributed by atoms with Gasteiger partial charge in [0.05, 0.1) is 37.6 Å². The lowest BCUT2D eigenvalue weighted by atomic mass is 9.84. The summed E-state index contributed by atoms with van der Waals surface area (Å²) in [5.74, 6) is 0. The van der Waals surface area contributed by atoms with Gasteiger partial charge >= 0.3 is 0 Å².